The molecule has 0 spiro atoms. The molecular weight excluding hydrogens is 306 g/mol. The van der Waals surface area contributed by atoms with Crippen LogP contribution in [0.25, 0.3) is 0 Å². The van der Waals surface area contributed by atoms with E-state index in [1.54, 1.807) is 0 Å². The molecule has 0 radical (unpaired) electrons. The molecule has 1 aromatic rings. The van der Waals surface area contributed by atoms with Crippen LogP contribution < -0.4 is 5.32 Å². The van der Waals surface area contributed by atoms with Gasteiger partial charge in [0.2, 0.25) is 0 Å². The van der Waals surface area contributed by atoms with Crippen molar-refractivity contribution in [3.05, 3.63) is 34.9 Å². The highest BCUT2D eigenvalue weighted by Crippen LogP contribution is 2.23. The molecule has 0 unspecified atom stereocenters. The maximum atomic E-state index is 12.2. The van der Waals surface area contributed by atoms with Crippen molar-refractivity contribution < 1.29 is 19.1 Å². The number of Topliss-reactive ketones (excluding diaryl/α,β-unsaturated/α-hetero) is 1. The fraction of sp³-hybridized carbons (Fsp3) is 0.526. The first-order valence-corrected chi connectivity index (χ1v) is 8.36. The van der Waals surface area contributed by atoms with E-state index in [0.29, 0.717) is 5.56 Å². The van der Waals surface area contributed by atoms with Crippen LogP contribution in [0.2, 0.25) is 0 Å². The number of ether oxygens (including phenoxy) is 1. The molecule has 0 aliphatic heterocycles. The Bertz CT molecular complexity index is 643. The number of amides is 1. The number of carbonyl (C=O) groups is 3. The molecule has 1 amide bonds. The molecule has 5 nitrogen and oxygen atoms in total. The Kier molecular flexibility index (Phi) is 5.75. The Hall–Kier alpha value is -2.17. The summed E-state index contributed by atoms with van der Waals surface area (Å²) in [6.07, 6.45) is 3.31. The quantitative estimate of drug-likeness (QED) is 0.642. The fourth-order valence-electron chi connectivity index (χ4n) is 2.78. The largest absolute Gasteiger partial charge is 0.456 e. The van der Waals surface area contributed by atoms with E-state index in [1.807, 2.05) is 39.0 Å². The summed E-state index contributed by atoms with van der Waals surface area (Å²) >= 11 is 0. The van der Waals surface area contributed by atoms with Gasteiger partial charge in [-0.1, -0.05) is 12.1 Å². The molecule has 0 heterocycles. The summed E-state index contributed by atoms with van der Waals surface area (Å²) < 4.78 is 4.91. The van der Waals surface area contributed by atoms with Gasteiger partial charge in [-0.25, -0.2) is 0 Å². The molecule has 130 valence electrons. The minimum atomic E-state index is -0.534. The summed E-state index contributed by atoms with van der Waals surface area (Å²) in [4.78, 5) is 35.4. The first-order chi connectivity index (χ1) is 11.2. The van der Waals surface area contributed by atoms with E-state index in [0.717, 1.165) is 19.3 Å². The molecule has 5 heteroatoms. The zero-order valence-electron chi connectivity index (χ0n) is 14.6. The number of benzene rings is 1. The first kappa shape index (κ1) is 18.2. The first-order valence-electron chi connectivity index (χ1n) is 8.36. The summed E-state index contributed by atoms with van der Waals surface area (Å²) in [5, 5.41) is 2.71. The van der Waals surface area contributed by atoms with Gasteiger partial charge in [-0.15, -0.1) is 0 Å². The Balaban J connectivity index is 1.75. The lowest BCUT2D eigenvalue weighted by molar-refractivity contribution is -0.148. The Morgan fingerprint density at radius 1 is 1.08 bits per heavy atom. The molecule has 0 saturated carbocycles. The van der Waals surface area contributed by atoms with Crippen LogP contribution in [-0.4, -0.2) is 29.8 Å². The number of hydrogen-bond acceptors (Lipinski definition) is 4. The molecule has 24 heavy (non-hydrogen) atoms. The summed E-state index contributed by atoms with van der Waals surface area (Å²) in [5.74, 6) is -0.949. The second-order valence-electron chi connectivity index (χ2n) is 7.22. The van der Waals surface area contributed by atoms with Crippen molar-refractivity contribution in [2.24, 2.45) is 0 Å². The average molecular weight is 331 g/mol. The third-order valence-corrected chi connectivity index (χ3v) is 3.86. The number of rotatable bonds is 6. The number of esters is 1. The van der Waals surface area contributed by atoms with Crippen LogP contribution in [0, 0.1) is 0 Å². The number of aryl methyl sites for hydroxylation is 2. The van der Waals surface area contributed by atoms with Crippen molar-refractivity contribution in [3.8, 4) is 0 Å². The number of nitrogens with one attached hydrogen (secondary N) is 1. The van der Waals surface area contributed by atoms with Crippen molar-refractivity contribution in [1.82, 2.24) is 5.32 Å². The normalized spacial score (nSPS) is 13.3. The van der Waals surface area contributed by atoms with Gasteiger partial charge in [0, 0.05) is 17.5 Å². The average Bonchev–Trinajstić information content (AvgIpc) is 2.96. The second-order valence-corrected chi connectivity index (χ2v) is 7.22. The van der Waals surface area contributed by atoms with E-state index in [2.05, 4.69) is 5.32 Å². The molecule has 0 atom stereocenters. The predicted octanol–water partition coefficient (Wildman–Crippen LogP) is 2.60. The van der Waals surface area contributed by atoms with Gasteiger partial charge in [0.15, 0.2) is 12.4 Å². The van der Waals surface area contributed by atoms with Crippen LogP contribution in [0.3, 0.4) is 0 Å². The monoisotopic (exact) mass is 331 g/mol. The Morgan fingerprint density at radius 3 is 2.50 bits per heavy atom. The van der Waals surface area contributed by atoms with Gasteiger partial charge in [-0.05, 0) is 57.2 Å². The SMILES string of the molecule is CC(C)(C)NC(=O)COC(=O)CCC(=O)c1ccc2c(c1)CCC2. The summed E-state index contributed by atoms with van der Waals surface area (Å²) in [6, 6.07) is 5.77. The molecule has 1 aromatic carbocycles. The minimum absolute atomic E-state index is 0.0152. The van der Waals surface area contributed by atoms with E-state index < -0.39 is 5.97 Å². The van der Waals surface area contributed by atoms with E-state index in [9.17, 15) is 14.4 Å². The van der Waals surface area contributed by atoms with Crippen LogP contribution in [0.1, 0.15) is 61.5 Å². The van der Waals surface area contributed by atoms with Crippen molar-refractivity contribution in [3.63, 3.8) is 0 Å². The van der Waals surface area contributed by atoms with Gasteiger partial charge < -0.3 is 10.1 Å². The lowest BCUT2D eigenvalue weighted by Gasteiger charge is -2.20. The smallest absolute Gasteiger partial charge is 0.306 e. The van der Waals surface area contributed by atoms with Gasteiger partial charge in [0.25, 0.3) is 5.91 Å². The van der Waals surface area contributed by atoms with Crippen molar-refractivity contribution >= 4 is 17.7 Å². The van der Waals surface area contributed by atoms with Crippen LogP contribution in [0.15, 0.2) is 18.2 Å². The summed E-state index contributed by atoms with van der Waals surface area (Å²) in [7, 11) is 0. The minimum Gasteiger partial charge on any atom is -0.456 e. The molecule has 1 N–H and O–H groups in total. The van der Waals surface area contributed by atoms with E-state index in [-0.39, 0.29) is 36.7 Å². The topological polar surface area (TPSA) is 72.5 Å². The van der Waals surface area contributed by atoms with Gasteiger partial charge in [-0.3, -0.25) is 14.4 Å². The highest BCUT2D eigenvalue weighted by Gasteiger charge is 2.17. The molecular formula is C19H25NO4. The lowest BCUT2D eigenvalue weighted by atomic mass is 10.0. The second kappa shape index (κ2) is 7.60. The highest BCUT2D eigenvalue weighted by atomic mass is 16.5. The van der Waals surface area contributed by atoms with Crippen LogP contribution in [0.5, 0.6) is 0 Å². The molecule has 0 fully saturated rings. The maximum Gasteiger partial charge on any atom is 0.306 e. The standard InChI is InChI=1S/C19H25NO4/c1-19(2,3)20-17(22)12-24-18(23)10-9-16(21)15-8-7-13-5-4-6-14(13)11-15/h7-8,11H,4-6,9-10,12H2,1-3H3,(H,20,22). The van der Waals surface area contributed by atoms with Crippen LogP contribution in [-0.2, 0) is 27.2 Å². The van der Waals surface area contributed by atoms with Gasteiger partial charge in [0.05, 0.1) is 6.42 Å². The Morgan fingerprint density at radius 2 is 1.79 bits per heavy atom. The van der Waals surface area contributed by atoms with Crippen LogP contribution in [0.4, 0.5) is 0 Å². The van der Waals surface area contributed by atoms with Gasteiger partial charge in [-0.2, -0.15) is 0 Å². The number of carbonyl (C=O) groups excluding carboxylic acids is 3. The lowest BCUT2D eigenvalue weighted by Crippen LogP contribution is -2.42. The van der Waals surface area contributed by atoms with Crippen molar-refractivity contribution in [2.75, 3.05) is 6.61 Å². The van der Waals surface area contributed by atoms with Crippen LogP contribution >= 0.6 is 0 Å². The highest BCUT2D eigenvalue weighted by molar-refractivity contribution is 5.98. The predicted molar refractivity (Wildman–Crippen MR) is 90.9 cm³/mol. The third-order valence-electron chi connectivity index (χ3n) is 3.86. The summed E-state index contributed by atoms with van der Waals surface area (Å²) in [5.41, 5.74) is 2.83. The van der Waals surface area contributed by atoms with Gasteiger partial charge in [0.1, 0.15) is 0 Å². The third kappa shape index (κ3) is 5.48. The fourth-order valence-corrected chi connectivity index (χ4v) is 2.78. The summed E-state index contributed by atoms with van der Waals surface area (Å²) in [6.45, 7) is 5.23. The van der Waals surface area contributed by atoms with Gasteiger partial charge >= 0.3 is 5.97 Å². The number of fused-ring (bicyclic) bond motifs is 1. The zero-order chi connectivity index (χ0) is 17.7. The van der Waals surface area contributed by atoms with Crippen molar-refractivity contribution in [2.45, 2.75) is 58.4 Å². The van der Waals surface area contributed by atoms with Crippen molar-refractivity contribution in [1.29, 1.82) is 0 Å². The molecule has 1 aliphatic carbocycles. The molecule has 0 aromatic heterocycles. The van der Waals surface area contributed by atoms with E-state index >= 15 is 0 Å². The van der Waals surface area contributed by atoms with E-state index in [1.165, 1.54) is 11.1 Å². The number of hydrogen-bond donors (Lipinski definition) is 1. The molecule has 2 rings (SSSR count). The molecule has 0 saturated heterocycles. The maximum absolute atomic E-state index is 12.2. The zero-order valence-corrected chi connectivity index (χ0v) is 14.6. The van der Waals surface area contributed by atoms with E-state index in [4.69, 9.17) is 4.74 Å². The molecule has 1 aliphatic rings. The number of ketones is 1. The molecule has 0 bridgehead atoms. The Labute approximate surface area is 142 Å².